The summed E-state index contributed by atoms with van der Waals surface area (Å²) < 4.78 is 5.78. The minimum absolute atomic E-state index is 0.0927. The van der Waals surface area contributed by atoms with Gasteiger partial charge in [-0.2, -0.15) is 5.10 Å². The molecular weight excluding hydrogens is 320 g/mol. The molecule has 4 rings (SSSR count). The molecule has 0 unspecified atom stereocenters. The monoisotopic (exact) mass is 342 g/mol. The van der Waals surface area contributed by atoms with E-state index in [9.17, 15) is 9.59 Å². The molecule has 3 atom stereocenters. The lowest BCUT2D eigenvalue weighted by Crippen LogP contribution is -2.53. The van der Waals surface area contributed by atoms with Gasteiger partial charge in [0.2, 0.25) is 5.91 Å². The maximum absolute atomic E-state index is 13.0. The average Bonchev–Trinajstić information content (AvgIpc) is 3.28. The van der Waals surface area contributed by atoms with E-state index in [2.05, 4.69) is 5.10 Å². The molecule has 0 bridgehead atoms. The third kappa shape index (κ3) is 2.89. The van der Waals surface area contributed by atoms with Crippen LogP contribution in [0.2, 0.25) is 0 Å². The van der Waals surface area contributed by atoms with Crippen molar-refractivity contribution < 1.29 is 14.3 Å². The molecule has 0 spiro atoms. The van der Waals surface area contributed by atoms with Crippen LogP contribution in [0.1, 0.15) is 25.7 Å². The van der Waals surface area contributed by atoms with Crippen molar-refractivity contribution in [2.75, 3.05) is 18.2 Å². The van der Waals surface area contributed by atoms with Gasteiger partial charge in [0.25, 0.3) is 5.91 Å². The second-order valence-corrected chi connectivity index (χ2v) is 6.76. The molecule has 2 amide bonds. The zero-order chi connectivity index (χ0) is 17.4. The first kappa shape index (κ1) is 16.1. The Morgan fingerprint density at radius 1 is 1.20 bits per heavy atom. The molecule has 1 aromatic rings. The molecule has 2 heterocycles. The molecule has 1 saturated carbocycles. The quantitative estimate of drug-likeness (QED) is 0.883. The molecule has 2 fully saturated rings. The van der Waals surface area contributed by atoms with Gasteiger partial charge < -0.3 is 15.4 Å². The molecule has 1 aliphatic carbocycles. The van der Waals surface area contributed by atoms with Crippen molar-refractivity contribution >= 4 is 23.2 Å². The Labute approximate surface area is 146 Å². The number of anilines is 1. The Kier molecular flexibility index (Phi) is 4.17. The Morgan fingerprint density at radius 3 is 2.76 bits per heavy atom. The number of hydrogen-bond acceptors (Lipinski definition) is 5. The Balaban J connectivity index is 1.59. The van der Waals surface area contributed by atoms with E-state index in [4.69, 9.17) is 10.5 Å². The number of hydrazone groups is 1. The highest BCUT2D eigenvalue weighted by Crippen LogP contribution is 2.31. The van der Waals surface area contributed by atoms with Crippen molar-refractivity contribution in [2.45, 2.75) is 43.9 Å². The molecular formula is C18H22N4O3. The first-order chi connectivity index (χ1) is 12.1. The van der Waals surface area contributed by atoms with E-state index in [1.807, 2.05) is 35.2 Å². The second-order valence-electron chi connectivity index (χ2n) is 6.76. The van der Waals surface area contributed by atoms with Crippen molar-refractivity contribution in [1.82, 2.24) is 4.90 Å². The standard InChI is InChI=1S/C18H22N4O3/c19-17(23)15-11-13(20-22(15)12-5-2-1-3-6-12)18(24)21-9-10-25-16-8-4-7-14(16)21/h1-3,5-6,14-16H,4,7-11H2,(H2,19,23)/t14-,15-,16-/m0/s1. The normalized spacial score (nSPS) is 28.6. The zero-order valence-electron chi connectivity index (χ0n) is 14.0. The van der Waals surface area contributed by atoms with Crippen molar-refractivity contribution in [3.8, 4) is 0 Å². The maximum Gasteiger partial charge on any atom is 0.270 e. The van der Waals surface area contributed by atoms with E-state index < -0.39 is 11.9 Å². The molecule has 7 nitrogen and oxygen atoms in total. The first-order valence-corrected chi connectivity index (χ1v) is 8.79. The van der Waals surface area contributed by atoms with Crippen LogP contribution in [0.25, 0.3) is 0 Å². The fourth-order valence-electron chi connectivity index (χ4n) is 4.02. The molecule has 1 aromatic carbocycles. The molecule has 2 aliphatic heterocycles. The predicted octanol–water partition coefficient (Wildman–Crippen LogP) is 0.887. The summed E-state index contributed by atoms with van der Waals surface area (Å²) in [6.45, 7) is 1.13. The van der Waals surface area contributed by atoms with Crippen LogP contribution in [0, 0.1) is 0 Å². The van der Waals surface area contributed by atoms with Gasteiger partial charge in [-0.05, 0) is 31.4 Å². The number of carbonyl (C=O) groups is 2. The minimum atomic E-state index is -0.623. The smallest absolute Gasteiger partial charge is 0.270 e. The van der Waals surface area contributed by atoms with Crippen LogP contribution in [0.15, 0.2) is 35.4 Å². The van der Waals surface area contributed by atoms with E-state index in [0.717, 1.165) is 24.9 Å². The fraction of sp³-hybridized carbons (Fsp3) is 0.500. The van der Waals surface area contributed by atoms with Crippen molar-refractivity contribution in [3.63, 3.8) is 0 Å². The lowest BCUT2D eigenvalue weighted by atomic mass is 10.1. The molecule has 3 aliphatic rings. The number of carbonyl (C=O) groups excluding carboxylic acids is 2. The molecule has 0 radical (unpaired) electrons. The summed E-state index contributed by atoms with van der Waals surface area (Å²) in [5.41, 5.74) is 6.72. The SMILES string of the molecule is NC(=O)[C@@H]1CC(C(=O)N2CCO[C@H]3CCC[C@@H]32)=NN1c1ccccc1. The van der Waals surface area contributed by atoms with Gasteiger partial charge in [0.15, 0.2) is 0 Å². The average molecular weight is 342 g/mol. The Morgan fingerprint density at radius 2 is 2.00 bits per heavy atom. The van der Waals surface area contributed by atoms with Gasteiger partial charge in [0, 0.05) is 13.0 Å². The number of rotatable bonds is 3. The summed E-state index contributed by atoms with van der Waals surface area (Å²) in [6.07, 6.45) is 3.42. The number of hydrogen-bond donors (Lipinski definition) is 1. The van der Waals surface area contributed by atoms with Crippen LogP contribution in [0.4, 0.5) is 5.69 Å². The number of amides is 2. The number of benzene rings is 1. The summed E-state index contributed by atoms with van der Waals surface area (Å²) in [7, 11) is 0. The van der Waals surface area contributed by atoms with E-state index in [0.29, 0.717) is 18.9 Å². The number of para-hydroxylation sites is 1. The van der Waals surface area contributed by atoms with Crippen molar-refractivity contribution in [1.29, 1.82) is 0 Å². The third-order valence-corrected chi connectivity index (χ3v) is 5.25. The molecule has 0 aromatic heterocycles. The number of primary amides is 1. The van der Waals surface area contributed by atoms with Gasteiger partial charge in [0.1, 0.15) is 11.8 Å². The fourth-order valence-corrected chi connectivity index (χ4v) is 4.02. The lowest BCUT2D eigenvalue weighted by molar-refractivity contribution is -0.136. The number of fused-ring (bicyclic) bond motifs is 1. The first-order valence-electron chi connectivity index (χ1n) is 8.79. The Hall–Kier alpha value is -2.41. The highest BCUT2D eigenvalue weighted by Gasteiger charge is 2.42. The van der Waals surface area contributed by atoms with Gasteiger partial charge >= 0.3 is 0 Å². The third-order valence-electron chi connectivity index (χ3n) is 5.25. The van der Waals surface area contributed by atoms with E-state index in [-0.39, 0.29) is 24.5 Å². The summed E-state index contributed by atoms with van der Waals surface area (Å²) in [5, 5.41) is 6.04. The lowest BCUT2D eigenvalue weighted by Gasteiger charge is -2.37. The maximum atomic E-state index is 13.0. The zero-order valence-corrected chi connectivity index (χ0v) is 14.0. The second kappa shape index (κ2) is 6.48. The van der Waals surface area contributed by atoms with Crippen molar-refractivity contribution in [3.05, 3.63) is 30.3 Å². The largest absolute Gasteiger partial charge is 0.374 e. The van der Waals surface area contributed by atoms with Gasteiger partial charge in [-0.1, -0.05) is 18.2 Å². The highest BCUT2D eigenvalue weighted by atomic mass is 16.5. The van der Waals surface area contributed by atoms with Gasteiger partial charge in [-0.3, -0.25) is 14.6 Å². The van der Waals surface area contributed by atoms with Gasteiger partial charge in [-0.15, -0.1) is 0 Å². The van der Waals surface area contributed by atoms with Crippen molar-refractivity contribution in [2.24, 2.45) is 10.8 Å². The van der Waals surface area contributed by atoms with E-state index in [1.165, 1.54) is 0 Å². The topological polar surface area (TPSA) is 88.2 Å². The van der Waals surface area contributed by atoms with E-state index >= 15 is 0 Å². The highest BCUT2D eigenvalue weighted by molar-refractivity contribution is 6.40. The van der Waals surface area contributed by atoms with Crippen LogP contribution in [0.5, 0.6) is 0 Å². The number of ether oxygens (including phenoxy) is 1. The number of nitrogens with two attached hydrogens (primary N) is 1. The van der Waals surface area contributed by atoms with Gasteiger partial charge in [0.05, 0.1) is 24.4 Å². The minimum Gasteiger partial charge on any atom is -0.374 e. The van der Waals surface area contributed by atoms with Crippen LogP contribution < -0.4 is 10.7 Å². The molecule has 1 saturated heterocycles. The number of morpholine rings is 1. The van der Waals surface area contributed by atoms with Crippen LogP contribution >= 0.6 is 0 Å². The summed E-state index contributed by atoms with van der Waals surface area (Å²) in [6, 6.07) is 8.84. The van der Waals surface area contributed by atoms with Crippen LogP contribution in [-0.4, -0.2) is 53.8 Å². The van der Waals surface area contributed by atoms with Crippen LogP contribution in [0.3, 0.4) is 0 Å². The molecule has 7 heteroatoms. The summed E-state index contributed by atoms with van der Waals surface area (Å²) in [4.78, 5) is 26.8. The molecule has 2 N–H and O–H groups in total. The predicted molar refractivity (Wildman–Crippen MR) is 93.0 cm³/mol. The molecule has 25 heavy (non-hydrogen) atoms. The summed E-state index contributed by atoms with van der Waals surface area (Å²) in [5.74, 6) is -0.569. The van der Waals surface area contributed by atoms with Gasteiger partial charge in [-0.25, -0.2) is 0 Å². The number of nitrogens with zero attached hydrogens (tertiary/aromatic N) is 3. The summed E-state index contributed by atoms with van der Waals surface area (Å²) >= 11 is 0. The molecule has 132 valence electrons. The van der Waals surface area contributed by atoms with E-state index in [1.54, 1.807) is 5.01 Å². The van der Waals surface area contributed by atoms with Crippen LogP contribution in [-0.2, 0) is 14.3 Å². The Bertz CT molecular complexity index is 706.